The molecule has 1 aromatic heterocycles. The van der Waals surface area contributed by atoms with Crippen molar-refractivity contribution < 1.29 is 9.53 Å². The van der Waals surface area contributed by atoms with E-state index in [-0.39, 0.29) is 19.0 Å². The molecule has 0 spiro atoms. The predicted molar refractivity (Wildman–Crippen MR) is 64.3 cm³/mol. The Morgan fingerprint density at radius 3 is 3.12 bits per heavy atom. The van der Waals surface area contributed by atoms with Crippen LogP contribution < -0.4 is 15.8 Å². The van der Waals surface area contributed by atoms with Gasteiger partial charge in [-0.15, -0.1) is 0 Å². The van der Waals surface area contributed by atoms with E-state index in [0.717, 1.165) is 5.56 Å². The van der Waals surface area contributed by atoms with Gasteiger partial charge < -0.3 is 15.8 Å². The number of nitrogens with zero attached hydrogens (tertiary/aromatic N) is 1. The van der Waals surface area contributed by atoms with Crippen molar-refractivity contribution in [2.75, 3.05) is 19.7 Å². The largest absolute Gasteiger partial charge is 0.492 e. The average Bonchev–Trinajstić information content (AvgIpc) is 2.35. The molecule has 90 valence electrons. The number of nitrogens with two attached hydrogens (primary N) is 1. The van der Waals surface area contributed by atoms with Crippen LogP contribution in [-0.4, -0.2) is 30.6 Å². The molecule has 0 aliphatic rings. The van der Waals surface area contributed by atoms with Gasteiger partial charge in [0, 0.05) is 11.8 Å². The Balaban J connectivity index is 2.53. The van der Waals surface area contributed by atoms with E-state index in [1.165, 1.54) is 0 Å². The van der Waals surface area contributed by atoms with Crippen LogP contribution in [0.2, 0.25) is 0 Å². The van der Waals surface area contributed by atoms with Crippen molar-refractivity contribution in [3.05, 3.63) is 24.0 Å². The first-order valence-electron chi connectivity index (χ1n) is 5.29. The molecule has 0 unspecified atom stereocenters. The Kier molecular flexibility index (Phi) is 5.55. The summed E-state index contributed by atoms with van der Waals surface area (Å²) in [7, 11) is 0. The van der Waals surface area contributed by atoms with Crippen molar-refractivity contribution in [3.8, 4) is 17.6 Å². The molecule has 3 N–H and O–H groups in total. The Hall–Kier alpha value is -2.06. The zero-order chi connectivity index (χ0) is 12.5. The van der Waals surface area contributed by atoms with Crippen LogP contribution in [0.4, 0.5) is 0 Å². The molecule has 1 rings (SSSR count). The lowest BCUT2D eigenvalue weighted by Gasteiger charge is -2.01. The number of nitrogens with one attached hydrogen (secondary N) is 1. The summed E-state index contributed by atoms with van der Waals surface area (Å²) in [6.07, 6.45) is 3.27. The van der Waals surface area contributed by atoms with Crippen LogP contribution in [0.15, 0.2) is 18.5 Å². The summed E-state index contributed by atoms with van der Waals surface area (Å²) in [4.78, 5) is 14.8. The zero-order valence-corrected chi connectivity index (χ0v) is 9.69. The minimum Gasteiger partial charge on any atom is -0.492 e. The van der Waals surface area contributed by atoms with Gasteiger partial charge in [-0.25, -0.2) is 0 Å². The van der Waals surface area contributed by atoms with Gasteiger partial charge in [0.05, 0.1) is 25.9 Å². The van der Waals surface area contributed by atoms with Crippen molar-refractivity contribution in [2.24, 2.45) is 5.73 Å². The maximum absolute atomic E-state index is 10.8. The lowest BCUT2D eigenvalue weighted by atomic mass is 10.3. The fourth-order valence-corrected chi connectivity index (χ4v) is 1.09. The molecule has 17 heavy (non-hydrogen) atoms. The molecule has 0 aromatic carbocycles. The molecular formula is C12H15N3O2. The van der Waals surface area contributed by atoms with Gasteiger partial charge in [0.1, 0.15) is 5.75 Å². The van der Waals surface area contributed by atoms with Crippen LogP contribution in [0.5, 0.6) is 5.75 Å². The summed E-state index contributed by atoms with van der Waals surface area (Å²) >= 11 is 0. The number of carbonyl (C=O) groups excluding carboxylic acids is 1. The summed E-state index contributed by atoms with van der Waals surface area (Å²) < 4.78 is 5.29. The number of ether oxygens (including phenoxy) is 1. The molecule has 5 nitrogen and oxygen atoms in total. The molecule has 0 aliphatic carbocycles. The van der Waals surface area contributed by atoms with E-state index in [4.69, 9.17) is 10.5 Å². The molecule has 0 saturated carbocycles. The van der Waals surface area contributed by atoms with E-state index in [2.05, 4.69) is 22.1 Å². The van der Waals surface area contributed by atoms with E-state index in [1.54, 1.807) is 18.5 Å². The van der Waals surface area contributed by atoms with Gasteiger partial charge in [-0.1, -0.05) is 11.8 Å². The van der Waals surface area contributed by atoms with Gasteiger partial charge >= 0.3 is 0 Å². The van der Waals surface area contributed by atoms with E-state index in [9.17, 15) is 4.79 Å². The fraction of sp³-hybridized carbons (Fsp3) is 0.333. The zero-order valence-electron chi connectivity index (χ0n) is 9.69. The quantitative estimate of drug-likeness (QED) is 0.712. The highest BCUT2D eigenvalue weighted by atomic mass is 16.5. The van der Waals surface area contributed by atoms with Gasteiger partial charge in [-0.2, -0.15) is 0 Å². The van der Waals surface area contributed by atoms with E-state index >= 15 is 0 Å². The second-order valence-electron chi connectivity index (χ2n) is 3.12. The number of carbonyl (C=O) groups is 1. The second kappa shape index (κ2) is 7.25. The SMILES string of the molecule is CCOc1cncc(C#CCNC(=O)CN)c1. The van der Waals surface area contributed by atoms with Crippen molar-refractivity contribution in [1.29, 1.82) is 0 Å². The molecule has 1 amide bonds. The van der Waals surface area contributed by atoms with Crippen molar-refractivity contribution in [1.82, 2.24) is 10.3 Å². The topological polar surface area (TPSA) is 77.2 Å². The lowest BCUT2D eigenvalue weighted by Crippen LogP contribution is -2.30. The van der Waals surface area contributed by atoms with Gasteiger partial charge in [0.15, 0.2) is 0 Å². The van der Waals surface area contributed by atoms with Crippen LogP contribution in [-0.2, 0) is 4.79 Å². The molecular weight excluding hydrogens is 218 g/mol. The van der Waals surface area contributed by atoms with Crippen molar-refractivity contribution >= 4 is 5.91 Å². The van der Waals surface area contributed by atoms with Gasteiger partial charge in [-0.05, 0) is 13.0 Å². The third-order valence-electron chi connectivity index (χ3n) is 1.82. The van der Waals surface area contributed by atoms with Crippen LogP contribution in [0.25, 0.3) is 0 Å². The fourth-order valence-electron chi connectivity index (χ4n) is 1.09. The van der Waals surface area contributed by atoms with Crippen molar-refractivity contribution in [2.45, 2.75) is 6.92 Å². The smallest absolute Gasteiger partial charge is 0.234 e. The van der Waals surface area contributed by atoms with Gasteiger partial charge in [0.25, 0.3) is 0 Å². The van der Waals surface area contributed by atoms with Crippen LogP contribution in [0.3, 0.4) is 0 Å². The standard InChI is InChI=1S/C12H15N3O2/c1-2-17-11-6-10(8-14-9-11)4-3-5-15-12(16)7-13/h6,8-9H,2,5,7,13H2,1H3,(H,15,16). The van der Waals surface area contributed by atoms with Gasteiger partial charge in [-0.3, -0.25) is 9.78 Å². The Morgan fingerprint density at radius 1 is 1.59 bits per heavy atom. The first kappa shape index (κ1) is 13.0. The highest BCUT2D eigenvalue weighted by Crippen LogP contribution is 2.09. The molecule has 0 aliphatic heterocycles. The third-order valence-corrected chi connectivity index (χ3v) is 1.82. The normalized spacial score (nSPS) is 9.06. The number of aromatic nitrogens is 1. The molecule has 1 heterocycles. The van der Waals surface area contributed by atoms with E-state index in [0.29, 0.717) is 12.4 Å². The first-order valence-corrected chi connectivity index (χ1v) is 5.29. The minimum atomic E-state index is -0.222. The van der Waals surface area contributed by atoms with E-state index < -0.39 is 0 Å². The lowest BCUT2D eigenvalue weighted by molar-refractivity contribution is -0.119. The summed E-state index contributed by atoms with van der Waals surface area (Å²) in [5.74, 6) is 6.14. The molecule has 1 aromatic rings. The predicted octanol–water partition coefficient (Wildman–Crippen LogP) is -0.0933. The number of amides is 1. The summed E-state index contributed by atoms with van der Waals surface area (Å²) in [5, 5.41) is 2.55. The van der Waals surface area contributed by atoms with E-state index in [1.807, 2.05) is 6.92 Å². The van der Waals surface area contributed by atoms with Gasteiger partial charge in [0.2, 0.25) is 5.91 Å². The maximum atomic E-state index is 10.8. The number of hydrogen-bond donors (Lipinski definition) is 2. The molecule has 0 saturated heterocycles. The summed E-state index contributed by atoms with van der Waals surface area (Å²) in [6, 6.07) is 1.80. The second-order valence-corrected chi connectivity index (χ2v) is 3.12. The molecule has 5 heteroatoms. The third kappa shape index (κ3) is 5.00. The van der Waals surface area contributed by atoms with Crippen LogP contribution >= 0.6 is 0 Å². The Labute approximate surface area is 100 Å². The molecule has 0 atom stereocenters. The maximum Gasteiger partial charge on any atom is 0.234 e. The first-order chi connectivity index (χ1) is 8.26. The number of rotatable bonds is 4. The monoisotopic (exact) mass is 233 g/mol. The highest BCUT2D eigenvalue weighted by molar-refractivity contribution is 5.77. The van der Waals surface area contributed by atoms with Crippen LogP contribution in [0.1, 0.15) is 12.5 Å². The number of pyridine rings is 1. The van der Waals surface area contributed by atoms with Crippen molar-refractivity contribution in [3.63, 3.8) is 0 Å². The molecule has 0 bridgehead atoms. The molecule has 0 radical (unpaired) electrons. The summed E-state index contributed by atoms with van der Waals surface area (Å²) in [6.45, 7) is 2.74. The minimum absolute atomic E-state index is 0.0247. The Morgan fingerprint density at radius 2 is 2.41 bits per heavy atom. The molecule has 0 fully saturated rings. The number of hydrogen-bond acceptors (Lipinski definition) is 4. The average molecular weight is 233 g/mol. The van der Waals surface area contributed by atoms with Crippen LogP contribution in [0, 0.1) is 11.8 Å². The Bertz CT molecular complexity index is 435. The highest BCUT2D eigenvalue weighted by Gasteiger charge is 1.94. The summed E-state index contributed by atoms with van der Waals surface area (Å²) in [5.41, 5.74) is 5.88.